The van der Waals surface area contributed by atoms with Crippen molar-refractivity contribution in [2.45, 2.75) is 19.4 Å². The van der Waals surface area contributed by atoms with Gasteiger partial charge in [0.2, 0.25) is 0 Å². The summed E-state index contributed by atoms with van der Waals surface area (Å²) in [5.74, 6) is 0. The zero-order chi connectivity index (χ0) is 13.9. The van der Waals surface area contributed by atoms with Crippen molar-refractivity contribution >= 4 is 5.57 Å². The smallest absolute Gasteiger partial charge is 0.0786 e. The van der Waals surface area contributed by atoms with Crippen LogP contribution in [0.3, 0.4) is 0 Å². The molecule has 0 aliphatic carbocycles. The average molecular weight is 265 g/mol. The van der Waals surface area contributed by atoms with Crippen molar-refractivity contribution in [1.82, 2.24) is 5.06 Å². The highest BCUT2D eigenvalue weighted by Crippen LogP contribution is 2.32. The average Bonchev–Trinajstić information content (AvgIpc) is 2.50. The van der Waals surface area contributed by atoms with E-state index in [-0.39, 0.29) is 6.04 Å². The Bertz CT molecular complexity index is 601. The predicted octanol–water partition coefficient (Wildman–Crippen LogP) is 4.21. The fourth-order valence-corrected chi connectivity index (χ4v) is 2.66. The maximum atomic E-state index is 10.1. The van der Waals surface area contributed by atoms with Crippen LogP contribution in [0.1, 0.15) is 29.2 Å². The quantitative estimate of drug-likeness (QED) is 0.879. The third kappa shape index (κ3) is 2.67. The topological polar surface area (TPSA) is 23.5 Å². The zero-order valence-electron chi connectivity index (χ0n) is 11.7. The molecule has 2 aromatic rings. The van der Waals surface area contributed by atoms with Gasteiger partial charge >= 0.3 is 0 Å². The van der Waals surface area contributed by atoms with Gasteiger partial charge in [-0.15, -0.1) is 0 Å². The molecule has 0 unspecified atom stereocenters. The molecule has 0 saturated carbocycles. The molecule has 0 spiro atoms. The van der Waals surface area contributed by atoms with Crippen LogP contribution in [-0.4, -0.2) is 16.8 Å². The van der Waals surface area contributed by atoms with Crippen molar-refractivity contribution in [1.29, 1.82) is 0 Å². The lowest BCUT2D eigenvalue weighted by atomic mass is 9.93. The molecule has 0 saturated heterocycles. The summed E-state index contributed by atoms with van der Waals surface area (Å²) >= 11 is 0. The normalized spacial score (nSPS) is 19.7. The maximum Gasteiger partial charge on any atom is 0.0786 e. The number of rotatable bonds is 2. The minimum absolute atomic E-state index is 0.0560. The summed E-state index contributed by atoms with van der Waals surface area (Å²) in [4.78, 5) is 0. The van der Waals surface area contributed by atoms with E-state index in [0.29, 0.717) is 6.54 Å². The molecule has 102 valence electrons. The molecular formula is C18H19NO. The zero-order valence-corrected chi connectivity index (χ0v) is 11.7. The van der Waals surface area contributed by atoms with Gasteiger partial charge in [-0.1, -0.05) is 66.2 Å². The first kappa shape index (κ1) is 13.1. The van der Waals surface area contributed by atoms with Crippen LogP contribution in [-0.2, 0) is 0 Å². The molecule has 1 aliphatic heterocycles. The lowest BCUT2D eigenvalue weighted by Gasteiger charge is -2.30. The number of benzene rings is 2. The summed E-state index contributed by atoms with van der Waals surface area (Å²) in [6.45, 7) is 2.74. The number of hydrogen-bond acceptors (Lipinski definition) is 2. The number of hydrogen-bond donors (Lipinski definition) is 1. The van der Waals surface area contributed by atoms with E-state index in [1.165, 1.54) is 21.8 Å². The molecule has 0 amide bonds. The van der Waals surface area contributed by atoms with Crippen molar-refractivity contribution in [2.24, 2.45) is 0 Å². The number of nitrogens with zero attached hydrogens (tertiary/aromatic N) is 1. The van der Waals surface area contributed by atoms with Crippen molar-refractivity contribution in [2.75, 3.05) is 6.54 Å². The van der Waals surface area contributed by atoms with Crippen LogP contribution in [0.5, 0.6) is 0 Å². The minimum Gasteiger partial charge on any atom is -0.313 e. The summed E-state index contributed by atoms with van der Waals surface area (Å²) in [6.07, 6.45) is 3.05. The molecule has 2 aromatic carbocycles. The lowest BCUT2D eigenvalue weighted by molar-refractivity contribution is -0.116. The second-order valence-corrected chi connectivity index (χ2v) is 5.33. The van der Waals surface area contributed by atoms with Gasteiger partial charge in [-0.3, -0.25) is 0 Å². The lowest BCUT2D eigenvalue weighted by Crippen LogP contribution is -2.28. The van der Waals surface area contributed by atoms with Gasteiger partial charge in [0, 0.05) is 6.54 Å². The molecule has 2 nitrogen and oxygen atoms in total. The summed E-state index contributed by atoms with van der Waals surface area (Å²) in [7, 11) is 0. The van der Waals surface area contributed by atoms with Gasteiger partial charge < -0.3 is 5.21 Å². The Balaban J connectivity index is 1.95. The molecule has 0 aromatic heterocycles. The van der Waals surface area contributed by atoms with E-state index >= 15 is 0 Å². The highest BCUT2D eigenvalue weighted by Gasteiger charge is 2.22. The van der Waals surface area contributed by atoms with Gasteiger partial charge in [0.05, 0.1) is 6.04 Å². The van der Waals surface area contributed by atoms with Gasteiger partial charge in [0.25, 0.3) is 0 Å². The van der Waals surface area contributed by atoms with E-state index in [9.17, 15) is 5.21 Å². The molecule has 2 heteroatoms. The van der Waals surface area contributed by atoms with Crippen LogP contribution >= 0.6 is 0 Å². The molecule has 0 fully saturated rings. The van der Waals surface area contributed by atoms with Crippen LogP contribution in [0.4, 0.5) is 0 Å². The van der Waals surface area contributed by atoms with Crippen molar-refractivity contribution in [3.63, 3.8) is 0 Å². The molecule has 3 rings (SSSR count). The Labute approximate surface area is 119 Å². The van der Waals surface area contributed by atoms with E-state index in [2.05, 4.69) is 61.5 Å². The SMILES string of the molecule is Cc1ccc([C@H]2C=C(c3ccccc3)CCN2O)cc1. The van der Waals surface area contributed by atoms with Crippen molar-refractivity contribution < 1.29 is 5.21 Å². The van der Waals surface area contributed by atoms with E-state index in [0.717, 1.165) is 12.0 Å². The fourth-order valence-electron chi connectivity index (χ4n) is 2.66. The number of aryl methyl sites for hydroxylation is 1. The van der Waals surface area contributed by atoms with Gasteiger partial charge in [0.1, 0.15) is 0 Å². The van der Waals surface area contributed by atoms with Crippen LogP contribution in [0.25, 0.3) is 5.57 Å². The van der Waals surface area contributed by atoms with Crippen LogP contribution < -0.4 is 0 Å². The largest absolute Gasteiger partial charge is 0.313 e. The molecular weight excluding hydrogens is 246 g/mol. The molecule has 0 bridgehead atoms. The van der Waals surface area contributed by atoms with Gasteiger partial charge in [-0.05, 0) is 30.0 Å². The second-order valence-electron chi connectivity index (χ2n) is 5.33. The standard InChI is InChI=1S/C18H19NO/c1-14-7-9-16(10-8-14)18-13-17(11-12-19(18)20)15-5-3-2-4-6-15/h2-10,13,18,20H,11-12H2,1H3/t18-/m1/s1. The van der Waals surface area contributed by atoms with E-state index < -0.39 is 0 Å². The highest BCUT2D eigenvalue weighted by atomic mass is 16.5. The van der Waals surface area contributed by atoms with Crippen LogP contribution in [0.2, 0.25) is 0 Å². The fraction of sp³-hybridized carbons (Fsp3) is 0.222. The Morgan fingerprint density at radius 2 is 1.70 bits per heavy atom. The maximum absolute atomic E-state index is 10.1. The van der Waals surface area contributed by atoms with Crippen LogP contribution in [0, 0.1) is 6.92 Å². The molecule has 1 aliphatic rings. The monoisotopic (exact) mass is 265 g/mol. The first-order chi connectivity index (χ1) is 9.74. The Morgan fingerprint density at radius 1 is 1.00 bits per heavy atom. The Morgan fingerprint density at radius 3 is 2.40 bits per heavy atom. The first-order valence-electron chi connectivity index (χ1n) is 7.02. The van der Waals surface area contributed by atoms with Crippen LogP contribution in [0.15, 0.2) is 60.7 Å². The summed E-state index contributed by atoms with van der Waals surface area (Å²) in [6, 6.07) is 18.7. The first-order valence-corrected chi connectivity index (χ1v) is 7.02. The molecule has 1 heterocycles. The summed E-state index contributed by atoms with van der Waals surface area (Å²) < 4.78 is 0. The van der Waals surface area contributed by atoms with E-state index in [4.69, 9.17) is 0 Å². The summed E-state index contributed by atoms with van der Waals surface area (Å²) in [5.41, 5.74) is 4.92. The molecule has 1 N–H and O–H groups in total. The third-order valence-electron chi connectivity index (χ3n) is 3.85. The third-order valence-corrected chi connectivity index (χ3v) is 3.85. The van der Waals surface area contributed by atoms with Gasteiger partial charge in [-0.25, -0.2) is 0 Å². The highest BCUT2D eigenvalue weighted by molar-refractivity contribution is 5.67. The molecule has 1 atom stereocenters. The second kappa shape index (κ2) is 5.61. The van der Waals surface area contributed by atoms with E-state index in [1.807, 2.05) is 6.07 Å². The van der Waals surface area contributed by atoms with Gasteiger partial charge in [0.15, 0.2) is 0 Å². The van der Waals surface area contributed by atoms with Crippen molar-refractivity contribution in [3.8, 4) is 0 Å². The number of hydroxylamine groups is 2. The molecule has 20 heavy (non-hydrogen) atoms. The minimum atomic E-state index is -0.0560. The Kier molecular flexibility index (Phi) is 3.68. The summed E-state index contributed by atoms with van der Waals surface area (Å²) in [5, 5.41) is 11.6. The molecule has 0 radical (unpaired) electrons. The predicted molar refractivity (Wildman–Crippen MR) is 81.4 cm³/mol. The van der Waals surface area contributed by atoms with E-state index in [1.54, 1.807) is 0 Å². The Hall–Kier alpha value is -1.90. The van der Waals surface area contributed by atoms with Gasteiger partial charge in [-0.2, -0.15) is 5.06 Å². The van der Waals surface area contributed by atoms with Crippen molar-refractivity contribution in [3.05, 3.63) is 77.4 Å².